The zero-order valence-electron chi connectivity index (χ0n) is 16.9. The van der Waals surface area contributed by atoms with Crippen LogP contribution in [0.3, 0.4) is 0 Å². The van der Waals surface area contributed by atoms with Crippen LogP contribution in [0.2, 0.25) is 0 Å². The highest BCUT2D eigenvalue weighted by Crippen LogP contribution is 2.67. The van der Waals surface area contributed by atoms with Gasteiger partial charge in [-0.15, -0.1) is 0 Å². The van der Waals surface area contributed by atoms with Gasteiger partial charge in [0, 0.05) is 12.3 Å². The van der Waals surface area contributed by atoms with Crippen LogP contribution in [0.4, 0.5) is 0 Å². The Labute approximate surface area is 161 Å². The summed E-state index contributed by atoms with van der Waals surface area (Å²) in [4.78, 5) is 25.7. The average Bonchev–Trinajstić information content (AvgIpc) is 2.64. The summed E-state index contributed by atoms with van der Waals surface area (Å²) < 4.78 is 5.32. The van der Waals surface area contributed by atoms with E-state index in [1.54, 1.807) is 13.8 Å². The van der Waals surface area contributed by atoms with E-state index in [4.69, 9.17) is 4.74 Å². The first-order valence-corrected chi connectivity index (χ1v) is 10.1. The summed E-state index contributed by atoms with van der Waals surface area (Å²) >= 11 is 0. The first kappa shape index (κ1) is 20.1. The largest absolute Gasteiger partial charge is 0.465 e. The molecule has 0 radical (unpaired) electrons. The fraction of sp³-hybridized carbons (Fsp3) is 0.773. The molecule has 2 saturated carbocycles. The Bertz CT molecular complexity index is 722. The Balaban J connectivity index is 2.10. The average molecular weight is 373 g/mol. The maximum absolute atomic E-state index is 12.9. The summed E-state index contributed by atoms with van der Waals surface area (Å²) in [6.07, 6.45) is 5.17. The Morgan fingerprint density at radius 2 is 2.07 bits per heavy atom. The molecule has 1 N–H and O–H groups in total. The van der Waals surface area contributed by atoms with E-state index < -0.39 is 16.8 Å². The monoisotopic (exact) mass is 373 g/mol. The molecular formula is C22H31NO4. The smallest absolute Gasteiger partial charge is 0.319 e. The molecule has 3 aliphatic carbocycles. The molecule has 0 aromatic carbocycles. The number of aliphatic hydroxyl groups excluding tert-OH is 1. The second-order valence-electron chi connectivity index (χ2n) is 9.07. The van der Waals surface area contributed by atoms with E-state index in [1.165, 1.54) is 0 Å². The van der Waals surface area contributed by atoms with Crippen molar-refractivity contribution >= 4 is 11.8 Å². The summed E-state index contributed by atoms with van der Waals surface area (Å²) in [6, 6.07) is 2.60. The van der Waals surface area contributed by atoms with Crippen LogP contribution >= 0.6 is 0 Å². The number of nitriles is 1. The minimum Gasteiger partial charge on any atom is -0.465 e. The number of hydrogen-bond acceptors (Lipinski definition) is 5. The second-order valence-corrected chi connectivity index (χ2v) is 9.07. The molecule has 27 heavy (non-hydrogen) atoms. The molecule has 6 atom stereocenters. The van der Waals surface area contributed by atoms with E-state index in [9.17, 15) is 20.0 Å². The quantitative estimate of drug-likeness (QED) is 0.465. The number of Topliss-reactive ketones (excluding diaryl/α,β-unsaturated/α-hetero) is 1. The van der Waals surface area contributed by atoms with Crippen molar-refractivity contribution in [1.29, 1.82) is 5.26 Å². The number of rotatable bonds is 3. The molecular weight excluding hydrogens is 342 g/mol. The van der Waals surface area contributed by atoms with Crippen LogP contribution in [0.25, 0.3) is 0 Å². The third-order valence-electron chi connectivity index (χ3n) is 8.16. The number of hydrogen-bond donors (Lipinski definition) is 1. The van der Waals surface area contributed by atoms with Gasteiger partial charge in [0.25, 0.3) is 0 Å². The molecule has 2 fully saturated rings. The summed E-state index contributed by atoms with van der Waals surface area (Å²) in [6.45, 7) is 7.88. The highest BCUT2D eigenvalue weighted by Gasteiger charge is 2.67. The van der Waals surface area contributed by atoms with Crippen LogP contribution in [0.1, 0.15) is 59.8 Å². The van der Waals surface area contributed by atoms with Crippen LogP contribution in [0.15, 0.2) is 11.6 Å². The second kappa shape index (κ2) is 6.74. The van der Waals surface area contributed by atoms with Crippen molar-refractivity contribution in [3.05, 3.63) is 11.6 Å². The summed E-state index contributed by atoms with van der Waals surface area (Å²) in [7, 11) is 0. The number of ether oxygens (including phenoxy) is 1. The van der Waals surface area contributed by atoms with Crippen molar-refractivity contribution in [3.8, 4) is 6.07 Å². The van der Waals surface area contributed by atoms with Crippen molar-refractivity contribution in [2.75, 3.05) is 13.2 Å². The van der Waals surface area contributed by atoms with E-state index in [1.807, 2.05) is 6.92 Å². The van der Waals surface area contributed by atoms with E-state index in [0.717, 1.165) is 12.0 Å². The molecule has 0 aromatic heterocycles. The van der Waals surface area contributed by atoms with Crippen LogP contribution in [-0.4, -0.2) is 30.1 Å². The molecule has 5 nitrogen and oxygen atoms in total. The maximum Gasteiger partial charge on any atom is 0.319 e. The number of aliphatic hydroxyl groups is 1. The van der Waals surface area contributed by atoms with Gasteiger partial charge in [-0.05, 0) is 63.7 Å². The van der Waals surface area contributed by atoms with Gasteiger partial charge >= 0.3 is 5.97 Å². The standard InChI is InChI=1S/C22H31NO4/c1-5-27-19(26)21(4)16-8-11-22(13-23)15(12-24)14(2)6-7-17(22)20(16,3)10-9-18(21)25/h6,15-17,24H,5,7-12H2,1-4H3/t15-,16-,17-,20+,21-,22-/m1/s1. The minimum atomic E-state index is -1.14. The van der Waals surface area contributed by atoms with Gasteiger partial charge in [0.1, 0.15) is 11.2 Å². The topological polar surface area (TPSA) is 87.4 Å². The summed E-state index contributed by atoms with van der Waals surface area (Å²) in [5.74, 6) is -0.740. The van der Waals surface area contributed by atoms with Gasteiger partial charge < -0.3 is 9.84 Å². The Morgan fingerprint density at radius 1 is 1.37 bits per heavy atom. The number of carbonyl (C=O) groups excluding carboxylic acids is 2. The molecule has 148 valence electrons. The van der Waals surface area contributed by atoms with Crippen molar-refractivity contribution in [1.82, 2.24) is 0 Å². The third-order valence-corrected chi connectivity index (χ3v) is 8.16. The number of esters is 1. The first-order chi connectivity index (χ1) is 12.7. The molecule has 0 heterocycles. The maximum atomic E-state index is 12.9. The number of allylic oxidation sites excluding steroid dienone is 1. The normalized spacial score (nSPS) is 43.8. The lowest BCUT2D eigenvalue weighted by atomic mass is 9.39. The summed E-state index contributed by atoms with van der Waals surface area (Å²) in [5.41, 5.74) is -1.00. The Kier molecular flexibility index (Phi) is 5.01. The Morgan fingerprint density at radius 3 is 2.67 bits per heavy atom. The molecule has 3 aliphatic rings. The van der Waals surface area contributed by atoms with Gasteiger partial charge in [-0.3, -0.25) is 9.59 Å². The Hall–Kier alpha value is -1.67. The molecule has 0 bridgehead atoms. The minimum absolute atomic E-state index is 0.0245. The van der Waals surface area contributed by atoms with E-state index in [-0.39, 0.29) is 42.2 Å². The fourth-order valence-corrected chi connectivity index (χ4v) is 6.66. The number of nitrogens with zero attached hydrogens (tertiary/aromatic N) is 1. The lowest BCUT2D eigenvalue weighted by Crippen LogP contribution is -2.63. The fourth-order valence-electron chi connectivity index (χ4n) is 6.66. The van der Waals surface area contributed by atoms with Gasteiger partial charge in [-0.1, -0.05) is 18.6 Å². The SMILES string of the molecule is CCOC(=O)[C@@]1(C)C(=O)CC[C@]2(C)[C@H]3CC=C(C)[C@@H](CO)[C@]3(C#N)CC[C@@H]12. The van der Waals surface area contributed by atoms with Crippen molar-refractivity contribution in [2.45, 2.75) is 59.8 Å². The van der Waals surface area contributed by atoms with Crippen molar-refractivity contribution in [2.24, 2.45) is 34.0 Å². The number of ketones is 1. The number of carbonyl (C=O) groups is 2. The highest BCUT2D eigenvalue weighted by molar-refractivity contribution is 6.04. The van der Waals surface area contributed by atoms with E-state index >= 15 is 0 Å². The predicted octanol–water partition coefficient (Wildman–Crippen LogP) is 3.42. The van der Waals surface area contributed by atoms with Crippen LogP contribution in [-0.2, 0) is 14.3 Å². The van der Waals surface area contributed by atoms with Gasteiger partial charge in [-0.25, -0.2) is 0 Å². The molecule has 5 heteroatoms. The molecule has 0 aromatic rings. The predicted molar refractivity (Wildman–Crippen MR) is 100 cm³/mol. The van der Waals surface area contributed by atoms with Gasteiger partial charge in [0.05, 0.1) is 24.7 Å². The van der Waals surface area contributed by atoms with Gasteiger partial charge in [0.15, 0.2) is 0 Å². The zero-order chi connectivity index (χ0) is 20.0. The van der Waals surface area contributed by atoms with Crippen molar-refractivity contribution in [3.63, 3.8) is 0 Å². The zero-order valence-corrected chi connectivity index (χ0v) is 16.9. The van der Waals surface area contributed by atoms with Gasteiger partial charge in [0.2, 0.25) is 0 Å². The molecule has 0 spiro atoms. The van der Waals surface area contributed by atoms with Crippen LogP contribution in [0, 0.1) is 45.3 Å². The molecule has 0 unspecified atom stereocenters. The van der Waals surface area contributed by atoms with E-state index in [2.05, 4.69) is 19.1 Å². The molecule has 0 amide bonds. The lowest BCUT2D eigenvalue weighted by Gasteiger charge is -2.62. The molecule has 0 aliphatic heterocycles. The first-order valence-electron chi connectivity index (χ1n) is 10.1. The van der Waals surface area contributed by atoms with E-state index in [0.29, 0.717) is 25.7 Å². The molecule has 0 saturated heterocycles. The van der Waals surface area contributed by atoms with Gasteiger partial charge in [-0.2, -0.15) is 5.26 Å². The third kappa shape index (κ3) is 2.52. The van der Waals surface area contributed by atoms with Crippen molar-refractivity contribution < 1.29 is 19.4 Å². The molecule has 3 rings (SSSR count). The van der Waals surface area contributed by atoms with Crippen LogP contribution < -0.4 is 0 Å². The highest BCUT2D eigenvalue weighted by atomic mass is 16.5. The lowest BCUT2D eigenvalue weighted by molar-refractivity contribution is -0.185. The summed E-state index contributed by atoms with van der Waals surface area (Å²) in [5, 5.41) is 20.3. The van der Waals surface area contributed by atoms with Crippen LogP contribution in [0.5, 0.6) is 0 Å². The number of fused-ring (bicyclic) bond motifs is 3.